The third kappa shape index (κ3) is 4.51. The molecule has 0 saturated carbocycles. The van der Waals surface area contributed by atoms with Crippen molar-refractivity contribution in [3.63, 3.8) is 0 Å². The summed E-state index contributed by atoms with van der Waals surface area (Å²) in [5.74, 6) is 0. The van der Waals surface area contributed by atoms with Crippen LogP contribution in [0.15, 0.2) is 152 Å². The van der Waals surface area contributed by atoms with E-state index in [2.05, 4.69) is 207 Å². The van der Waals surface area contributed by atoms with E-state index < -0.39 is 0 Å². The van der Waals surface area contributed by atoms with Crippen molar-refractivity contribution < 1.29 is 0 Å². The fraction of sp³-hybridized carbons (Fsp3) is 0.138. The van der Waals surface area contributed by atoms with E-state index in [-0.39, 0.29) is 10.8 Å². The Morgan fingerprint density at radius 2 is 1.02 bits per heavy atom. The Balaban J connectivity index is 1.14. The number of benzene rings is 8. The lowest BCUT2D eigenvalue weighted by Gasteiger charge is -2.20. The smallest absolute Gasteiger partial charge is 0.165 e. The Kier molecular flexibility index (Phi) is 6.52. The van der Waals surface area contributed by atoms with Gasteiger partial charge in [-0.25, -0.2) is 9.97 Å². The highest BCUT2D eigenvalue weighted by atomic mass is 15.1. The Bertz CT molecular complexity index is 4260. The van der Waals surface area contributed by atoms with Gasteiger partial charge in [-0.2, -0.15) is 0 Å². The molecular weight excluding hydrogens is 767 g/mol. The maximum Gasteiger partial charge on any atom is 0.165 e. The molecule has 0 radical (unpaired) electrons. The average molecular weight is 810 g/mol. The van der Waals surface area contributed by atoms with Crippen LogP contribution >= 0.6 is 0 Å². The van der Waals surface area contributed by atoms with Gasteiger partial charge in [-0.15, -0.1) is 0 Å². The normalized spacial score (nSPS) is 13.2. The third-order valence-corrected chi connectivity index (χ3v) is 14.2. The monoisotopic (exact) mass is 809 g/mol. The van der Waals surface area contributed by atoms with Gasteiger partial charge in [0, 0.05) is 54.3 Å². The number of aromatic nitrogens is 5. The van der Waals surface area contributed by atoms with Gasteiger partial charge < -0.3 is 4.57 Å². The van der Waals surface area contributed by atoms with Gasteiger partial charge in [-0.3, -0.25) is 8.80 Å². The summed E-state index contributed by atoms with van der Waals surface area (Å²) in [7, 11) is 0. The number of hydrogen-bond donors (Lipinski definition) is 0. The molecule has 5 heteroatoms. The topological polar surface area (TPSA) is 39.5 Å². The molecule has 0 aliphatic carbocycles. The molecule has 0 fully saturated rings. The summed E-state index contributed by atoms with van der Waals surface area (Å²) in [6, 6.07) is 56.4. The van der Waals surface area contributed by atoms with Gasteiger partial charge in [0.25, 0.3) is 0 Å². The molecule has 0 unspecified atom stereocenters. The van der Waals surface area contributed by atoms with Gasteiger partial charge in [0.1, 0.15) is 11.0 Å². The molecular formula is C58H43N5. The first-order valence-electron chi connectivity index (χ1n) is 22.2. The van der Waals surface area contributed by atoms with Crippen LogP contribution in [0.3, 0.4) is 0 Å². The van der Waals surface area contributed by atoms with Gasteiger partial charge in [0.15, 0.2) is 11.3 Å². The van der Waals surface area contributed by atoms with Gasteiger partial charge in [0.2, 0.25) is 0 Å². The Hall–Kier alpha value is -7.50. The fourth-order valence-electron chi connectivity index (χ4n) is 11.1. The Morgan fingerprint density at radius 3 is 1.81 bits per heavy atom. The van der Waals surface area contributed by atoms with E-state index in [1.807, 2.05) is 0 Å². The van der Waals surface area contributed by atoms with Crippen LogP contribution in [-0.2, 0) is 10.8 Å². The first-order chi connectivity index (χ1) is 30.5. The van der Waals surface area contributed by atoms with Crippen molar-refractivity contribution in [2.24, 2.45) is 0 Å². The van der Waals surface area contributed by atoms with Crippen LogP contribution in [-0.4, -0.2) is 23.3 Å². The zero-order valence-corrected chi connectivity index (χ0v) is 36.2. The summed E-state index contributed by atoms with van der Waals surface area (Å²) in [6.07, 6.45) is 0. The van der Waals surface area contributed by atoms with Crippen molar-refractivity contribution in [1.29, 1.82) is 0 Å². The number of nitrogens with zero attached hydrogens (tertiary/aromatic N) is 5. The van der Waals surface area contributed by atoms with Crippen molar-refractivity contribution in [3.05, 3.63) is 163 Å². The molecule has 0 amide bonds. The predicted molar refractivity (Wildman–Crippen MR) is 266 cm³/mol. The van der Waals surface area contributed by atoms with Gasteiger partial charge in [-0.05, 0) is 99.0 Å². The second-order valence-corrected chi connectivity index (χ2v) is 19.9. The lowest BCUT2D eigenvalue weighted by molar-refractivity contribution is 0.590. The van der Waals surface area contributed by atoms with Gasteiger partial charge >= 0.3 is 0 Å². The van der Waals surface area contributed by atoms with Gasteiger partial charge in [-0.1, -0.05) is 133 Å². The van der Waals surface area contributed by atoms with E-state index in [0.29, 0.717) is 0 Å². The minimum Gasteiger partial charge on any atom is -0.309 e. The van der Waals surface area contributed by atoms with E-state index in [0.717, 1.165) is 44.3 Å². The van der Waals surface area contributed by atoms with Crippen LogP contribution < -0.4 is 0 Å². The molecule has 5 nitrogen and oxygen atoms in total. The molecule has 63 heavy (non-hydrogen) atoms. The number of fused-ring (bicyclic) bond motifs is 17. The fourth-order valence-corrected chi connectivity index (χ4v) is 11.1. The summed E-state index contributed by atoms with van der Waals surface area (Å²) >= 11 is 0. The van der Waals surface area contributed by atoms with E-state index in [1.165, 1.54) is 92.9 Å². The SMILES string of the molecule is CC(C)(C)c1ccc2c(c1)c1cc(C(C)(C)C)cc3c4nc5c(nc4n2c13)c1cc2ccccc2c2c3cccc(-c4ccc6c(c4)c4ccccc4n6-c4ccccc4)c3n5c12. The van der Waals surface area contributed by atoms with Crippen molar-refractivity contribution in [2.75, 3.05) is 0 Å². The lowest BCUT2D eigenvalue weighted by atomic mass is 9.84. The molecule has 0 spiro atoms. The second kappa shape index (κ2) is 11.7. The quantitative estimate of drug-likeness (QED) is 0.174. The number of hydrogen-bond acceptors (Lipinski definition) is 2. The Labute approximate surface area is 363 Å². The molecule has 6 heterocycles. The van der Waals surface area contributed by atoms with Crippen LogP contribution in [0, 0.1) is 0 Å². The maximum atomic E-state index is 5.82. The molecule has 0 bridgehead atoms. The summed E-state index contributed by atoms with van der Waals surface area (Å²) in [4.78, 5) is 11.6. The molecule has 0 atom stereocenters. The molecule has 0 aliphatic rings. The molecule has 0 N–H and O–H groups in total. The number of rotatable bonds is 2. The first kappa shape index (κ1) is 35.1. The molecule has 14 rings (SSSR count). The van der Waals surface area contributed by atoms with E-state index >= 15 is 0 Å². The molecule has 8 aromatic carbocycles. The largest absolute Gasteiger partial charge is 0.309 e. The lowest BCUT2D eigenvalue weighted by Crippen LogP contribution is -2.11. The maximum absolute atomic E-state index is 5.82. The van der Waals surface area contributed by atoms with E-state index in [4.69, 9.17) is 9.97 Å². The molecule has 0 aliphatic heterocycles. The highest BCUT2D eigenvalue weighted by Crippen LogP contribution is 2.48. The first-order valence-corrected chi connectivity index (χ1v) is 22.2. The molecule has 6 aromatic heterocycles. The summed E-state index contributed by atoms with van der Waals surface area (Å²) in [6.45, 7) is 13.8. The van der Waals surface area contributed by atoms with E-state index in [1.54, 1.807) is 0 Å². The zero-order valence-electron chi connectivity index (χ0n) is 36.2. The van der Waals surface area contributed by atoms with Crippen molar-refractivity contribution >= 4 is 109 Å². The highest BCUT2D eigenvalue weighted by Gasteiger charge is 2.29. The zero-order chi connectivity index (χ0) is 42.3. The van der Waals surface area contributed by atoms with Crippen LogP contribution in [0.2, 0.25) is 0 Å². The number of para-hydroxylation sites is 3. The van der Waals surface area contributed by atoms with Crippen LogP contribution in [0.4, 0.5) is 0 Å². The third-order valence-electron chi connectivity index (χ3n) is 14.2. The van der Waals surface area contributed by atoms with Crippen LogP contribution in [0.1, 0.15) is 52.7 Å². The minimum atomic E-state index is -0.0593. The molecule has 0 saturated heterocycles. The molecule has 300 valence electrons. The summed E-state index contributed by atoms with van der Waals surface area (Å²) in [5.41, 5.74) is 16.9. The summed E-state index contributed by atoms with van der Waals surface area (Å²) in [5, 5.41) is 12.2. The standard InChI is InChI=1S/C58H43N5/c1-57(2,3)34-24-26-48-42(29-34)43-30-35(58(4,5)6)31-45-51-55(62(48)53(43)45)59-50-44-28-32-15-10-11-18-37(32)49-40-21-14-20-38(52(40)63(54(44)49)56(50)60-51)33-23-25-47-41(27-33)39-19-12-13-22-46(39)61(47)36-16-8-7-9-17-36/h7-31H,1-6H3. The van der Waals surface area contributed by atoms with Crippen LogP contribution in [0.5, 0.6) is 0 Å². The average Bonchev–Trinajstić information content (AvgIpc) is 4.07. The Morgan fingerprint density at radius 1 is 0.397 bits per heavy atom. The van der Waals surface area contributed by atoms with Crippen molar-refractivity contribution in [1.82, 2.24) is 23.3 Å². The van der Waals surface area contributed by atoms with Crippen molar-refractivity contribution in [2.45, 2.75) is 52.4 Å². The van der Waals surface area contributed by atoms with Crippen molar-refractivity contribution in [3.8, 4) is 16.8 Å². The molecule has 14 aromatic rings. The van der Waals surface area contributed by atoms with Gasteiger partial charge in [0.05, 0.1) is 33.1 Å². The predicted octanol–water partition coefficient (Wildman–Crippen LogP) is 15.3. The minimum absolute atomic E-state index is 0.0269. The highest BCUT2D eigenvalue weighted by molar-refractivity contribution is 6.33. The van der Waals surface area contributed by atoms with Crippen LogP contribution in [0.25, 0.3) is 126 Å². The summed E-state index contributed by atoms with van der Waals surface area (Å²) < 4.78 is 7.24. The second-order valence-electron chi connectivity index (χ2n) is 19.9. The van der Waals surface area contributed by atoms with E-state index in [9.17, 15) is 0 Å².